The van der Waals surface area contributed by atoms with E-state index in [9.17, 15) is 9.59 Å². The molecule has 3 aliphatic rings. The van der Waals surface area contributed by atoms with Crippen molar-refractivity contribution in [1.82, 2.24) is 4.90 Å². The Balaban J connectivity index is 0.000000179. The molecule has 2 aromatic carbocycles. The van der Waals surface area contributed by atoms with Gasteiger partial charge in [0.2, 0.25) is 12.7 Å². The second kappa shape index (κ2) is 10.9. The first-order valence-electron chi connectivity index (χ1n) is 12.1. The average molecular weight is 496 g/mol. The van der Waals surface area contributed by atoms with Crippen LogP contribution in [-0.4, -0.2) is 67.0 Å². The summed E-state index contributed by atoms with van der Waals surface area (Å²) in [5.41, 5.74) is 6.66. The first-order valence-corrected chi connectivity index (χ1v) is 12.1. The molecule has 0 aliphatic carbocycles. The van der Waals surface area contributed by atoms with Crippen molar-refractivity contribution < 1.29 is 28.9 Å². The Labute approximate surface area is 211 Å². The molecule has 3 heterocycles. The zero-order valence-corrected chi connectivity index (χ0v) is 20.7. The highest BCUT2D eigenvalue weighted by molar-refractivity contribution is 5.95. The number of nitrogens with two attached hydrogens (primary N) is 1. The summed E-state index contributed by atoms with van der Waals surface area (Å²) in [6.07, 6.45) is 2.99. The average Bonchev–Trinajstić information content (AvgIpc) is 3.31. The number of hydrogen-bond donors (Lipinski definition) is 2. The molecule has 0 spiro atoms. The number of hydrogen-bond acceptors (Lipinski definition) is 7. The van der Waals surface area contributed by atoms with E-state index in [4.69, 9.17) is 25.1 Å². The number of primary amides is 1. The summed E-state index contributed by atoms with van der Waals surface area (Å²) >= 11 is 0. The molecule has 0 aromatic heterocycles. The van der Waals surface area contributed by atoms with Gasteiger partial charge < -0.3 is 30.0 Å². The van der Waals surface area contributed by atoms with Crippen LogP contribution in [0.25, 0.3) is 6.08 Å². The van der Waals surface area contributed by atoms with Crippen LogP contribution in [0.1, 0.15) is 32.3 Å². The molecule has 1 fully saturated rings. The molecular weight excluding hydrogens is 462 g/mol. The molecule has 1 saturated heterocycles. The molecule has 2 aromatic rings. The SMILES string of the molecule is CC1(C)Oc2ccccc2C=C1C(=O)O.NC(=O)CCCN1CCN(c2ccc3c(c2)OCO3)CC1. The molecule has 9 heteroatoms. The number of rotatable bonds is 6. The van der Waals surface area contributed by atoms with Crippen molar-refractivity contribution in [2.75, 3.05) is 44.4 Å². The van der Waals surface area contributed by atoms with Gasteiger partial charge >= 0.3 is 5.97 Å². The minimum atomic E-state index is -0.936. The fourth-order valence-corrected chi connectivity index (χ4v) is 4.46. The summed E-state index contributed by atoms with van der Waals surface area (Å²) in [7, 11) is 0. The third-order valence-electron chi connectivity index (χ3n) is 6.45. The molecule has 0 unspecified atom stereocenters. The molecular formula is C27H33N3O6. The van der Waals surface area contributed by atoms with Gasteiger partial charge in [-0.15, -0.1) is 0 Å². The number of amides is 1. The van der Waals surface area contributed by atoms with E-state index in [-0.39, 0.29) is 11.5 Å². The Morgan fingerprint density at radius 2 is 1.72 bits per heavy atom. The Hall–Kier alpha value is -3.72. The molecule has 192 valence electrons. The van der Waals surface area contributed by atoms with Gasteiger partial charge in [0, 0.05) is 49.9 Å². The predicted octanol–water partition coefficient (Wildman–Crippen LogP) is 3.13. The van der Waals surface area contributed by atoms with Crippen molar-refractivity contribution in [2.24, 2.45) is 5.73 Å². The molecule has 3 N–H and O–H groups in total. The highest BCUT2D eigenvalue weighted by Gasteiger charge is 2.34. The highest BCUT2D eigenvalue weighted by Crippen LogP contribution is 2.36. The summed E-state index contributed by atoms with van der Waals surface area (Å²) < 4.78 is 16.4. The number of para-hydroxylation sites is 1. The van der Waals surface area contributed by atoms with Crippen LogP contribution in [0.5, 0.6) is 17.2 Å². The maximum atomic E-state index is 11.0. The van der Waals surface area contributed by atoms with Gasteiger partial charge in [-0.3, -0.25) is 9.69 Å². The molecule has 3 aliphatic heterocycles. The molecule has 0 bridgehead atoms. The minimum absolute atomic E-state index is 0.214. The van der Waals surface area contributed by atoms with E-state index in [1.165, 1.54) is 5.69 Å². The lowest BCUT2D eigenvalue weighted by molar-refractivity contribution is -0.134. The zero-order valence-electron chi connectivity index (χ0n) is 20.7. The van der Waals surface area contributed by atoms with E-state index in [1.807, 2.05) is 36.4 Å². The highest BCUT2D eigenvalue weighted by atomic mass is 16.7. The van der Waals surface area contributed by atoms with E-state index < -0.39 is 11.6 Å². The summed E-state index contributed by atoms with van der Waals surface area (Å²) in [5, 5.41) is 9.05. The summed E-state index contributed by atoms with van der Waals surface area (Å²) in [6.45, 7) is 8.74. The van der Waals surface area contributed by atoms with Gasteiger partial charge in [-0.1, -0.05) is 18.2 Å². The molecule has 1 amide bonds. The lowest BCUT2D eigenvalue weighted by atomic mass is 9.92. The lowest BCUT2D eigenvalue weighted by Crippen LogP contribution is -2.46. The van der Waals surface area contributed by atoms with Crippen LogP contribution in [0.15, 0.2) is 48.0 Å². The number of aliphatic carboxylic acids is 1. The van der Waals surface area contributed by atoms with E-state index >= 15 is 0 Å². The molecule has 5 rings (SSSR count). The smallest absolute Gasteiger partial charge is 0.335 e. The third kappa shape index (κ3) is 6.09. The third-order valence-corrected chi connectivity index (χ3v) is 6.45. The number of fused-ring (bicyclic) bond motifs is 2. The van der Waals surface area contributed by atoms with Crippen molar-refractivity contribution in [3.63, 3.8) is 0 Å². The number of ether oxygens (including phenoxy) is 3. The van der Waals surface area contributed by atoms with Gasteiger partial charge in [-0.25, -0.2) is 4.79 Å². The van der Waals surface area contributed by atoms with Crippen LogP contribution in [0.3, 0.4) is 0 Å². The van der Waals surface area contributed by atoms with Crippen LogP contribution in [0.2, 0.25) is 0 Å². The van der Waals surface area contributed by atoms with Crippen LogP contribution in [0.4, 0.5) is 5.69 Å². The van der Waals surface area contributed by atoms with E-state index in [0.29, 0.717) is 13.2 Å². The standard InChI is InChI=1S/C15H21N3O3.C12H12O3/c16-15(19)2-1-5-17-6-8-18(9-7-17)12-3-4-13-14(10-12)21-11-20-13;1-12(2)9(11(13)14)7-8-5-3-4-6-10(8)15-12/h3-4,10H,1-2,5-9,11H2,(H2,16,19);3-7H,1-2H3,(H,13,14). The van der Waals surface area contributed by atoms with Crippen LogP contribution in [-0.2, 0) is 9.59 Å². The van der Waals surface area contributed by atoms with Gasteiger partial charge in [0.05, 0.1) is 5.57 Å². The summed E-state index contributed by atoms with van der Waals surface area (Å²) in [6, 6.07) is 13.5. The van der Waals surface area contributed by atoms with Crippen molar-refractivity contribution in [2.45, 2.75) is 32.3 Å². The van der Waals surface area contributed by atoms with Gasteiger partial charge in [0.25, 0.3) is 0 Å². The number of benzene rings is 2. The lowest BCUT2D eigenvalue weighted by Gasteiger charge is -2.36. The second-order valence-corrected chi connectivity index (χ2v) is 9.45. The van der Waals surface area contributed by atoms with Gasteiger partial charge in [0.1, 0.15) is 11.4 Å². The first-order chi connectivity index (χ1) is 17.2. The minimum Gasteiger partial charge on any atom is -0.482 e. The maximum Gasteiger partial charge on any atom is 0.335 e. The number of carboxylic acids is 1. The maximum absolute atomic E-state index is 11.0. The van der Waals surface area contributed by atoms with E-state index in [2.05, 4.69) is 15.9 Å². The van der Waals surface area contributed by atoms with E-state index in [0.717, 1.165) is 62.0 Å². The summed E-state index contributed by atoms with van der Waals surface area (Å²) in [4.78, 5) is 26.5. The molecule has 0 radical (unpaired) electrons. The molecule has 0 saturated carbocycles. The number of carbonyl (C=O) groups excluding carboxylic acids is 1. The Morgan fingerprint density at radius 1 is 1.00 bits per heavy atom. The first kappa shape index (κ1) is 25.4. The molecule has 9 nitrogen and oxygen atoms in total. The number of nitrogens with zero attached hydrogens (tertiary/aromatic N) is 2. The fraction of sp³-hybridized carbons (Fsp3) is 0.407. The largest absolute Gasteiger partial charge is 0.482 e. The van der Waals surface area contributed by atoms with Crippen molar-refractivity contribution in [1.29, 1.82) is 0 Å². The summed E-state index contributed by atoms with van der Waals surface area (Å²) in [5.74, 6) is 1.23. The van der Waals surface area contributed by atoms with Crippen LogP contribution >= 0.6 is 0 Å². The molecule has 0 atom stereocenters. The number of carboxylic acid groups (broad SMARTS) is 1. The number of anilines is 1. The van der Waals surface area contributed by atoms with Gasteiger partial charge in [0.15, 0.2) is 11.5 Å². The fourth-order valence-electron chi connectivity index (χ4n) is 4.46. The van der Waals surface area contributed by atoms with E-state index in [1.54, 1.807) is 19.9 Å². The quantitative estimate of drug-likeness (QED) is 0.628. The topological polar surface area (TPSA) is 115 Å². The zero-order chi connectivity index (χ0) is 25.7. The molecule has 36 heavy (non-hydrogen) atoms. The number of piperazine rings is 1. The van der Waals surface area contributed by atoms with Gasteiger partial charge in [-0.05, 0) is 51.1 Å². The van der Waals surface area contributed by atoms with Crippen LogP contribution < -0.4 is 24.8 Å². The Kier molecular flexibility index (Phi) is 7.69. The Morgan fingerprint density at radius 3 is 2.44 bits per heavy atom. The Bertz CT molecular complexity index is 1140. The van der Waals surface area contributed by atoms with Crippen molar-refractivity contribution in [3.8, 4) is 17.2 Å². The predicted molar refractivity (Wildman–Crippen MR) is 136 cm³/mol. The van der Waals surface area contributed by atoms with Crippen molar-refractivity contribution >= 4 is 23.6 Å². The second-order valence-electron chi connectivity index (χ2n) is 9.45. The van der Waals surface area contributed by atoms with Crippen LogP contribution in [0, 0.1) is 0 Å². The number of carbonyl (C=O) groups is 2. The monoisotopic (exact) mass is 495 g/mol. The normalized spacial score (nSPS) is 17.7. The van der Waals surface area contributed by atoms with Crippen molar-refractivity contribution in [3.05, 3.63) is 53.6 Å². The van der Waals surface area contributed by atoms with Gasteiger partial charge in [-0.2, -0.15) is 0 Å².